The lowest BCUT2D eigenvalue weighted by Crippen LogP contribution is -2.23. The van der Waals surface area contributed by atoms with Gasteiger partial charge in [-0.2, -0.15) is 4.40 Å². The van der Waals surface area contributed by atoms with Crippen LogP contribution in [0.5, 0.6) is 0 Å². The summed E-state index contributed by atoms with van der Waals surface area (Å²) < 4.78 is 42.3. The summed E-state index contributed by atoms with van der Waals surface area (Å²) in [6, 6.07) is 16.7. The highest BCUT2D eigenvalue weighted by Crippen LogP contribution is 2.48. The molecule has 1 unspecified atom stereocenters. The fourth-order valence-corrected chi connectivity index (χ4v) is 7.25. The molecular formula is C33H37FIN3O2S. The summed E-state index contributed by atoms with van der Waals surface area (Å²) in [7, 11) is -0.317. The van der Waals surface area contributed by atoms with Crippen LogP contribution < -0.4 is 9.80 Å². The first-order chi connectivity index (χ1) is 19.1. The van der Waals surface area contributed by atoms with E-state index in [4.69, 9.17) is 0 Å². The zero-order chi connectivity index (χ0) is 30.0. The lowest BCUT2D eigenvalue weighted by Gasteiger charge is -2.24. The number of hydrogen-bond donors (Lipinski definition) is 0. The van der Waals surface area contributed by atoms with Gasteiger partial charge in [0.2, 0.25) is 0 Å². The van der Waals surface area contributed by atoms with Crippen molar-refractivity contribution in [2.75, 3.05) is 23.9 Å². The molecule has 0 aromatic heterocycles. The van der Waals surface area contributed by atoms with Gasteiger partial charge in [-0.15, -0.1) is 0 Å². The molecule has 1 atom stereocenters. The number of rotatable bonds is 4. The first kappa shape index (κ1) is 29.8. The number of fused-ring (bicyclic) bond motifs is 2. The number of allylic oxidation sites excluding steroid dienone is 8. The van der Waals surface area contributed by atoms with E-state index in [0.29, 0.717) is 18.6 Å². The van der Waals surface area contributed by atoms with Crippen molar-refractivity contribution in [1.29, 1.82) is 0 Å². The SMILES string of the molecule is CN1/C(=C/C=C2\CC/C(=C\C=C3\N(C)c4ccccc4C3(C)C)C2=NS(=O)(=O)C(C)(F)I)C(C)(C)c2ccccc21. The molecule has 216 valence electrons. The van der Waals surface area contributed by atoms with Crippen LogP contribution in [0, 0.1) is 0 Å². The lowest BCUT2D eigenvalue weighted by molar-refractivity contribution is 0.427. The Hall–Kier alpha value is -2.72. The fourth-order valence-electron chi connectivity index (χ4n) is 6.32. The summed E-state index contributed by atoms with van der Waals surface area (Å²) in [5.74, 6) is 0. The number of halogens is 2. The van der Waals surface area contributed by atoms with Crippen molar-refractivity contribution in [3.8, 4) is 0 Å². The first-order valence-electron chi connectivity index (χ1n) is 13.8. The quantitative estimate of drug-likeness (QED) is 0.241. The average molecular weight is 686 g/mol. The number of alkyl halides is 2. The first-order valence-corrected chi connectivity index (χ1v) is 16.3. The van der Waals surface area contributed by atoms with E-state index in [1.54, 1.807) is 0 Å². The molecule has 2 heterocycles. The van der Waals surface area contributed by atoms with E-state index in [2.05, 4.69) is 78.3 Å². The maximum atomic E-state index is 14.8. The lowest BCUT2D eigenvalue weighted by atomic mass is 9.83. The van der Waals surface area contributed by atoms with E-state index in [1.807, 2.05) is 50.5 Å². The summed E-state index contributed by atoms with van der Waals surface area (Å²) in [6.45, 7) is 9.78. The Morgan fingerprint density at radius 3 is 1.56 bits per heavy atom. The second-order valence-electron chi connectivity index (χ2n) is 12.1. The normalized spacial score (nSPS) is 24.9. The zero-order valence-electron chi connectivity index (χ0n) is 24.7. The van der Waals surface area contributed by atoms with Crippen LogP contribution in [0.25, 0.3) is 0 Å². The molecule has 1 saturated carbocycles. The van der Waals surface area contributed by atoms with Gasteiger partial charge in [0.05, 0.1) is 5.71 Å². The van der Waals surface area contributed by atoms with Crippen molar-refractivity contribution < 1.29 is 12.8 Å². The molecule has 5 nitrogen and oxygen atoms in total. The number of sulfonamides is 1. The molecule has 3 aliphatic rings. The van der Waals surface area contributed by atoms with E-state index < -0.39 is 13.0 Å². The van der Waals surface area contributed by atoms with E-state index in [9.17, 15) is 12.8 Å². The Labute approximate surface area is 257 Å². The van der Waals surface area contributed by atoms with Crippen LogP contribution in [0.15, 0.2) is 99.8 Å². The molecule has 0 amide bonds. The van der Waals surface area contributed by atoms with Crippen molar-refractivity contribution in [2.24, 2.45) is 4.40 Å². The summed E-state index contributed by atoms with van der Waals surface area (Å²) in [5.41, 5.74) is 8.46. The molecule has 41 heavy (non-hydrogen) atoms. The van der Waals surface area contributed by atoms with Gasteiger partial charge in [-0.3, -0.25) is 0 Å². The smallest absolute Gasteiger partial charge is 0.298 e. The van der Waals surface area contributed by atoms with E-state index in [0.717, 1.165) is 40.8 Å². The largest absolute Gasteiger partial charge is 0.347 e. The third-order valence-electron chi connectivity index (χ3n) is 8.70. The highest BCUT2D eigenvalue weighted by molar-refractivity contribution is 14.1. The van der Waals surface area contributed by atoms with E-state index in [-0.39, 0.29) is 10.8 Å². The van der Waals surface area contributed by atoms with Crippen LogP contribution >= 0.6 is 22.6 Å². The third kappa shape index (κ3) is 5.01. The topological polar surface area (TPSA) is 53.0 Å². The minimum atomic E-state index is -4.41. The standard InChI is InChI=1S/C33H37FIN3O2S/c1-31(2)24-12-8-10-14-26(24)37(6)28(31)20-18-22-16-17-23(30(22)36-41(39,40)33(5,34)35)19-21-29-32(3,4)25-13-9-11-15-27(25)38(29)7/h8-15,18-21H,16-17H2,1-7H3/b22-18+,23-19+,28-20+,29-21+. The zero-order valence-corrected chi connectivity index (χ0v) is 27.6. The Bertz CT molecular complexity index is 1570. The molecule has 0 N–H and O–H groups in total. The summed E-state index contributed by atoms with van der Waals surface area (Å²) in [5, 5.41) is 0. The summed E-state index contributed by atoms with van der Waals surface area (Å²) in [4.78, 5) is 4.35. The number of likely N-dealkylation sites (N-methyl/N-ethyl adjacent to an activating group) is 2. The molecule has 0 radical (unpaired) electrons. The average Bonchev–Trinajstić information content (AvgIpc) is 3.43. The number of anilines is 2. The monoisotopic (exact) mass is 685 g/mol. The predicted molar refractivity (Wildman–Crippen MR) is 177 cm³/mol. The minimum Gasteiger partial charge on any atom is -0.347 e. The van der Waals surface area contributed by atoms with E-state index in [1.165, 1.54) is 33.7 Å². The van der Waals surface area contributed by atoms with Crippen LogP contribution in [0.1, 0.15) is 58.6 Å². The predicted octanol–water partition coefficient (Wildman–Crippen LogP) is 8.11. The van der Waals surface area contributed by atoms with Gasteiger partial charge < -0.3 is 9.80 Å². The molecule has 0 spiro atoms. The minimum absolute atomic E-state index is 0.221. The van der Waals surface area contributed by atoms with Crippen LogP contribution in [-0.2, 0) is 20.9 Å². The second kappa shape index (κ2) is 10.2. The highest BCUT2D eigenvalue weighted by atomic mass is 127. The number of para-hydroxylation sites is 2. The number of benzene rings is 2. The summed E-state index contributed by atoms with van der Waals surface area (Å²) in [6.07, 6.45) is 9.28. The molecule has 1 aliphatic carbocycles. The molecule has 5 rings (SSSR count). The van der Waals surface area contributed by atoms with Gasteiger partial charge in [-0.1, -0.05) is 76.2 Å². The van der Waals surface area contributed by atoms with Gasteiger partial charge in [0.1, 0.15) is 0 Å². The molecule has 2 aromatic rings. The molecule has 0 bridgehead atoms. The third-order valence-corrected chi connectivity index (χ3v) is 11.7. The molecule has 0 saturated heterocycles. The highest BCUT2D eigenvalue weighted by Gasteiger charge is 2.40. The van der Waals surface area contributed by atoms with Crippen molar-refractivity contribution in [3.05, 3.63) is 107 Å². The van der Waals surface area contributed by atoms with Crippen molar-refractivity contribution in [1.82, 2.24) is 0 Å². The Morgan fingerprint density at radius 2 is 1.20 bits per heavy atom. The van der Waals surface area contributed by atoms with Gasteiger partial charge in [-0.25, -0.2) is 12.8 Å². The van der Waals surface area contributed by atoms with Crippen molar-refractivity contribution in [2.45, 2.75) is 61.3 Å². The molecule has 8 heteroatoms. The van der Waals surface area contributed by atoms with Crippen LogP contribution in [0.2, 0.25) is 0 Å². The van der Waals surface area contributed by atoms with Gasteiger partial charge >= 0.3 is 0 Å². The van der Waals surface area contributed by atoms with Gasteiger partial charge in [0.25, 0.3) is 13.0 Å². The maximum Gasteiger partial charge on any atom is 0.298 e. The Kier molecular flexibility index (Phi) is 7.42. The molecular weight excluding hydrogens is 648 g/mol. The van der Waals surface area contributed by atoms with E-state index >= 15 is 0 Å². The van der Waals surface area contributed by atoms with Crippen molar-refractivity contribution in [3.63, 3.8) is 0 Å². The fraction of sp³-hybridized carbons (Fsp3) is 0.364. The molecule has 2 aliphatic heterocycles. The van der Waals surface area contributed by atoms with Crippen molar-refractivity contribution >= 4 is 49.7 Å². The number of nitrogens with zero attached hydrogens (tertiary/aromatic N) is 3. The van der Waals surface area contributed by atoms with Crippen LogP contribution in [0.3, 0.4) is 0 Å². The van der Waals surface area contributed by atoms with Gasteiger partial charge in [0.15, 0.2) is 0 Å². The molecule has 1 fully saturated rings. The van der Waals surface area contributed by atoms with Crippen LogP contribution in [0.4, 0.5) is 15.8 Å². The second-order valence-corrected chi connectivity index (χ2v) is 16.8. The van der Waals surface area contributed by atoms with Crippen LogP contribution in [-0.4, -0.2) is 31.2 Å². The Morgan fingerprint density at radius 1 is 0.805 bits per heavy atom. The van der Waals surface area contributed by atoms with Gasteiger partial charge in [0, 0.05) is 47.7 Å². The summed E-state index contributed by atoms with van der Waals surface area (Å²) >= 11 is 1.30. The number of hydrogen-bond acceptors (Lipinski definition) is 4. The maximum absolute atomic E-state index is 14.8. The Balaban J connectivity index is 1.58. The molecule has 2 aromatic carbocycles. The van der Waals surface area contributed by atoms with Gasteiger partial charge in [-0.05, 0) is 88.9 Å².